The molecule has 1 fully saturated rings. The molecule has 0 spiro atoms. The maximum atomic E-state index is 4.61. The largest absolute Gasteiger partial charge is 0.363 e. The van der Waals surface area contributed by atoms with E-state index in [4.69, 9.17) is 0 Å². The van der Waals surface area contributed by atoms with Crippen molar-refractivity contribution >= 4 is 5.82 Å². The first-order valence-corrected chi connectivity index (χ1v) is 7.40. The van der Waals surface area contributed by atoms with Crippen molar-refractivity contribution in [3.63, 3.8) is 0 Å². The van der Waals surface area contributed by atoms with Crippen molar-refractivity contribution in [2.75, 3.05) is 25.5 Å². The van der Waals surface area contributed by atoms with Crippen molar-refractivity contribution < 1.29 is 0 Å². The molecule has 1 atom stereocenters. The highest BCUT2D eigenvalue weighted by molar-refractivity contribution is 5.42. The zero-order valence-electron chi connectivity index (χ0n) is 13.0. The average Bonchev–Trinajstić information content (AvgIpc) is 2.38. The Kier molecular flexibility index (Phi) is 4.46. The van der Waals surface area contributed by atoms with E-state index in [-0.39, 0.29) is 0 Å². The predicted molar refractivity (Wildman–Crippen MR) is 81.7 cm³/mol. The smallest absolute Gasteiger partial charge is 0.128 e. The molecule has 106 valence electrons. The average molecular weight is 261 g/mol. The van der Waals surface area contributed by atoms with Crippen molar-refractivity contribution in [2.45, 2.75) is 52.1 Å². The van der Waals surface area contributed by atoms with Crippen LogP contribution in [0.4, 0.5) is 5.82 Å². The van der Waals surface area contributed by atoms with Crippen molar-refractivity contribution in [1.82, 2.24) is 9.88 Å². The number of hydrogen-bond donors (Lipinski definition) is 0. The highest BCUT2D eigenvalue weighted by atomic mass is 15.2. The number of aryl methyl sites for hydroxylation is 1. The molecule has 2 rings (SSSR count). The fourth-order valence-corrected chi connectivity index (χ4v) is 3.05. The van der Waals surface area contributed by atoms with Gasteiger partial charge in [-0.05, 0) is 57.4 Å². The van der Waals surface area contributed by atoms with Crippen LogP contribution in [0, 0.1) is 6.92 Å². The van der Waals surface area contributed by atoms with E-state index in [9.17, 15) is 0 Å². The van der Waals surface area contributed by atoms with Gasteiger partial charge in [0.1, 0.15) is 5.82 Å². The standard InChI is InChI=1S/C16H27N3/c1-12(2)19-9-7-6-8-15(19)14-11-17-16(18(4)5)10-13(14)3/h10-12,15H,6-9H2,1-5H3/t15-/m1/s1. The first-order valence-electron chi connectivity index (χ1n) is 7.40. The minimum atomic E-state index is 0.553. The van der Waals surface area contributed by atoms with Crippen molar-refractivity contribution in [2.24, 2.45) is 0 Å². The van der Waals surface area contributed by atoms with Gasteiger partial charge >= 0.3 is 0 Å². The van der Waals surface area contributed by atoms with Crippen LogP contribution in [0.25, 0.3) is 0 Å². The van der Waals surface area contributed by atoms with Gasteiger partial charge in [-0.3, -0.25) is 4.90 Å². The topological polar surface area (TPSA) is 19.4 Å². The Hall–Kier alpha value is -1.09. The van der Waals surface area contributed by atoms with Gasteiger partial charge in [-0.1, -0.05) is 6.42 Å². The molecule has 0 aliphatic carbocycles. The van der Waals surface area contributed by atoms with Crippen LogP contribution in [0.5, 0.6) is 0 Å². The van der Waals surface area contributed by atoms with E-state index in [2.05, 4.69) is 47.8 Å². The first-order chi connectivity index (χ1) is 9.00. The first kappa shape index (κ1) is 14.3. The number of aromatic nitrogens is 1. The fourth-order valence-electron chi connectivity index (χ4n) is 3.05. The molecule has 1 aliphatic heterocycles. The van der Waals surface area contributed by atoms with Crippen molar-refractivity contribution in [3.8, 4) is 0 Å². The van der Waals surface area contributed by atoms with E-state index in [1.54, 1.807) is 0 Å². The van der Waals surface area contributed by atoms with Crippen molar-refractivity contribution in [3.05, 3.63) is 23.4 Å². The molecule has 1 aliphatic rings. The minimum Gasteiger partial charge on any atom is -0.363 e. The van der Waals surface area contributed by atoms with Crippen LogP contribution in [-0.4, -0.2) is 36.6 Å². The summed E-state index contributed by atoms with van der Waals surface area (Å²) in [4.78, 5) is 9.30. The third-order valence-electron chi connectivity index (χ3n) is 4.16. The molecule has 0 radical (unpaired) electrons. The summed E-state index contributed by atoms with van der Waals surface area (Å²) in [5.41, 5.74) is 2.79. The molecular weight excluding hydrogens is 234 g/mol. The maximum absolute atomic E-state index is 4.61. The second kappa shape index (κ2) is 5.91. The number of rotatable bonds is 3. The Balaban J connectivity index is 2.29. The van der Waals surface area contributed by atoms with Crippen LogP contribution in [0.2, 0.25) is 0 Å². The fraction of sp³-hybridized carbons (Fsp3) is 0.688. The Morgan fingerprint density at radius 3 is 2.63 bits per heavy atom. The molecule has 0 bridgehead atoms. The summed E-state index contributed by atoms with van der Waals surface area (Å²) in [6.45, 7) is 8.04. The molecule has 1 saturated heterocycles. The summed E-state index contributed by atoms with van der Waals surface area (Å²) >= 11 is 0. The highest BCUT2D eigenvalue weighted by Gasteiger charge is 2.27. The van der Waals surface area contributed by atoms with E-state index >= 15 is 0 Å². The third kappa shape index (κ3) is 3.08. The summed E-state index contributed by atoms with van der Waals surface area (Å²) in [6, 6.07) is 3.37. The molecular formula is C16H27N3. The molecule has 3 heteroatoms. The van der Waals surface area contributed by atoms with Gasteiger partial charge < -0.3 is 4.90 Å². The lowest BCUT2D eigenvalue weighted by molar-refractivity contribution is 0.111. The van der Waals surface area contributed by atoms with Crippen LogP contribution < -0.4 is 4.90 Å². The van der Waals surface area contributed by atoms with Gasteiger partial charge in [0.15, 0.2) is 0 Å². The number of likely N-dealkylation sites (tertiary alicyclic amines) is 1. The number of anilines is 1. The quantitative estimate of drug-likeness (QED) is 0.831. The lowest BCUT2D eigenvalue weighted by Gasteiger charge is -2.39. The molecule has 0 aromatic carbocycles. The molecule has 19 heavy (non-hydrogen) atoms. The maximum Gasteiger partial charge on any atom is 0.128 e. The van der Waals surface area contributed by atoms with E-state index < -0.39 is 0 Å². The zero-order chi connectivity index (χ0) is 14.0. The molecule has 0 N–H and O–H groups in total. The normalized spacial score (nSPS) is 20.8. The van der Waals surface area contributed by atoms with Gasteiger partial charge in [-0.15, -0.1) is 0 Å². The summed E-state index contributed by atoms with van der Waals surface area (Å²) in [5, 5.41) is 0. The summed E-state index contributed by atoms with van der Waals surface area (Å²) < 4.78 is 0. The van der Waals surface area contributed by atoms with Crippen LogP contribution in [0.15, 0.2) is 12.3 Å². The van der Waals surface area contributed by atoms with E-state index in [1.807, 2.05) is 14.1 Å². The Morgan fingerprint density at radius 2 is 2.05 bits per heavy atom. The Labute approximate surface area is 117 Å². The molecule has 3 nitrogen and oxygen atoms in total. The summed E-state index contributed by atoms with van der Waals surface area (Å²) in [6.07, 6.45) is 6.03. The highest BCUT2D eigenvalue weighted by Crippen LogP contribution is 2.34. The SMILES string of the molecule is Cc1cc(N(C)C)ncc1[C@H]1CCCCN1C(C)C. The van der Waals surface area contributed by atoms with Gasteiger partial charge in [-0.2, -0.15) is 0 Å². The predicted octanol–water partition coefficient (Wildman–Crippen LogP) is 3.39. The lowest BCUT2D eigenvalue weighted by atomic mass is 9.92. The second-order valence-corrected chi connectivity index (χ2v) is 6.14. The molecule has 0 amide bonds. The number of nitrogens with zero attached hydrogens (tertiary/aromatic N) is 3. The monoisotopic (exact) mass is 261 g/mol. The number of piperidine rings is 1. The summed E-state index contributed by atoms with van der Waals surface area (Å²) in [7, 11) is 4.09. The van der Waals surface area contributed by atoms with Gasteiger partial charge in [-0.25, -0.2) is 4.98 Å². The van der Waals surface area contributed by atoms with E-state index in [1.165, 1.54) is 36.9 Å². The zero-order valence-corrected chi connectivity index (χ0v) is 13.0. The van der Waals surface area contributed by atoms with E-state index in [0.29, 0.717) is 12.1 Å². The van der Waals surface area contributed by atoms with Gasteiger partial charge in [0, 0.05) is 32.4 Å². The molecule has 1 aromatic rings. The molecule has 1 aromatic heterocycles. The molecule has 0 saturated carbocycles. The number of pyridine rings is 1. The van der Waals surface area contributed by atoms with Gasteiger partial charge in [0.25, 0.3) is 0 Å². The number of hydrogen-bond acceptors (Lipinski definition) is 3. The lowest BCUT2D eigenvalue weighted by Crippen LogP contribution is -2.38. The second-order valence-electron chi connectivity index (χ2n) is 6.14. The van der Waals surface area contributed by atoms with Crippen molar-refractivity contribution in [1.29, 1.82) is 0 Å². The molecule has 2 heterocycles. The van der Waals surface area contributed by atoms with Crippen LogP contribution in [0.3, 0.4) is 0 Å². The summed E-state index contributed by atoms with van der Waals surface area (Å²) in [5.74, 6) is 1.05. The third-order valence-corrected chi connectivity index (χ3v) is 4.16. The van der Waals surface area contributed by atoms with E-state index in [0.717, 1.165) is 5.82 Å². The Bertz CT molecular complexity index is 426. The van der Waals surface area contributed by atoms with Crippen LogP contribution in [0.1, 0.15) is 50.3 Å². The molecule has 0 unspecified atom stereocenters. The van der Waals surface area contributed by atoms with Crippen LogP contribution in [-0.2, 0) is 0 Å². The minimum absolute atomic E-state index is 0.553. The van der Waals surface area contributed by atoms with Gasteiger partial charge in [0.2, 0.25) is 0 Å². The van der Waals surface area contributed by atoms with Gasteiger partial charge in [0.05, 0.1) is 0 Å². The van der Waals surface area contributed by atoms with Crippen LogP contribution >= 0.6 is 0 Å². The Morgan fingerprint density at radius 1 is 1.32 bits per heavy atom.